The highest BCUT2D eigenvalue weighted by atomic mass is 35.5. The van der Waals surface area contributed by atoms with E-state index in [1.807, 2.05) is 48.7 Å². The third-order valence-corrected chi connectivity index (χ3v) is 5.96. The quantitative estimate of drug-likeness (QED) is 0.493. The zero-order valence-electron chi connectivity index (χ0n) is 17.1. The van der Waals surface area contributed by atoms with E-state index in [9.17, 15) is 4.79 Å². The van der Waals surface area contributed by atoms with Crippen LogP contribution >= 0.6 is 22.9 Å². The molecule has 1 atom stereocenters. The molecular weight excluding hydrogens is 436 g/mol. The monoisotopic (exact) mass is 458 g/mol. The number of aromatic nitrogens is 1. The Morgan fingerprint density at radius 1 is 1.23 bits per heavy atom. The van der Waals surface area contributed by atoms with Gasteiger partial charge in [0.2, 0.25) is 5.91 Å². The van der Waals surface area contributed by atoms with E-state index in [2.05, 4.69) is 4.98 Å². The molecule has 1 aromatic heterocycles. The normalized spacial score (nSPS) is 14.8. The van der Waals surface area contributed by atoms with Crippen LogP contribution in [0.3, 0.4) is 0 Å². The number of carbonyl (C=O) groups is 1. The summed E-state index contributed by atoms with van der Waals surface area (Å²) in [5.74, 6) is 2.20. The first-order valence-corrected chi connectivity index (χ1v) is 11.3. The van der Waals surface area contributed by atoms with Gasteiger partial charge in [0.1, 0.15) is 24.0 Å². The van der Waals surface area contributed by atoms with Crippen LogP contribution < -0.4 is 14.2 Å². The molecule has 8 heteroatoms. The number of para-hydroxylation sites is 2. The number of halogens is 1. The molecular formula is C23H23ClN2O4S. The highest BCUT2D eigenvalue weighted by molar-refractivity contribution is 7.09. The summed E-state index contributed by atoms with van der Waals surface area (Å²) in [5, 5.41) is 3.39. The van der Waals surface area contributed by atoms with Crippen molar-refractivity contribution in [2.24, 2.45) is 0 Å². The van der Waals surface area contributed by atoms with Crippen LogP contribution in [0, 0.1) is 0 Å². The third kappa shape index (κ3) is 5.68. The first kappa shape index (κ1) is 21.5. The first-order valence-electron chi connectivity index (χ1n) is 10.1. The molecule has 1 unspecified atom stereocenters. The summed E-state index contributed by atoms with van der Waals surface area (Å²) in [5.41, 5.74) is 0.745. The van der Waals surface area contributed by atoms with Crippen molar-refractivity contribution in [1.82, 2.24) is 9.88 Å². The fourth-order valence-electron chi connectivity index (χ4n) is 3.25. The van der Waals surface area contributed by atoms with Crippen molar-refractivity contribution in [3.8, 4) is 17.2 Å². The van der Waals surface area contributed by atoms with Gasteiger partial charge in [-0.15, -0.1) is 11.3 Å². The predicted molar refractivity (Wildman–Crippen MR) is 120 cm³/mol. The molecule has 0 saturated heterocycles. The molecule has 31 heavy (non-hydrogen) atoms. The van der Waals surface area contributed by atoms with Gasteiger partial charge in [-0.1, -0.05) is 23.7 Å². The van der Waals surface area contributed by atoms with E-state index in [-0.39, 0.29) is 18.4 Å². The fourth-order valence-corrected chi connectivity index (χ4v) is 4.08. The third-order valence-electron chi connectivity index (χ3n) is 4.83. The Bertz CT molecular complexity index is 1020. The number of nitrogens with zero attached hydrogens (tertiary/aromatic N) is 2. The van der Waals surface area contributed by atoms with E-state index < -0.39 is 0 Å². The topological polar surface area (TPSA) is 60.9 Å². The van der Waals surface area contributed by atoms with Gasteiger partial charge in [0, 0.05) is 16.9 Å². The number of benzene rings is 2. The fraction of sp³-hybridized carbons (Fsp3) is 0.304. The second-order valence-corrected chi connectivity index (χ2v) is 8.46. The van der Waals surface area contributed by atoms with Crippen LogP contribution in [0.25, 0.3) is 0 Å². The summed E-state index contributed by atoms with van der Waals surface area (Å²) in [6, 6.07) is 14.8. The van der Waals surface area contributed by atoms with E-state index in [1.165, 1.54) is 11.3 Å². The zero-order chi connectivity index (χ0) is 21.6. The van der Waals surface area contributed by atoms with Crippen molar-refractivity contribution in [3.05, 3.63) is 69.6 Å². The van der Waals surface area contributed by atoms with Crippen LogP contribution in [0.4, 0.5) is 0 Å². The van der Waals surface area contributed by atoms with Gasteiger partial charge < -0.3 is 19.1 Å². The number of rotatable bonds is 8. The Labute approximate surface area is 190 Å². The van der Waals surface area contributed by atoms with Crippen LogP contribution in [0.5, 0.6) is 17.2 Å². The van der Waals surface area contributed by atoms with Crippen LogP contribution in [0.1, 0.15) is 17.6 Å². The number of fused-ring (bicyclic) bond motifs is 1. The molecule has 1 amide bonds. The second-order valence-electron chi connectivity index (χ2n) is 7.08. The van der Waals surface area contributed by atoms with Gasteiger partial charge in [-0.25, -0.2) is 4.98 Å². The lowest BCUT2D eigenvalue weighted by atomic mass is 10.2. The van der Waals surface area contributed by atoms with Gasteiger partial charge in [-0.3, -0.25) is 4.79 Å². The molecule has 3 aromatic rings. The van der Waals surface area contributed by atoms with E-state index in [0.29, 0.717) is 37.1 Å². The molecule has 4 rings (SSSR count). The van der Waals surface area contributed by atoms with E-state index in [1.54, 1.807) is 17.0 Å². The molecule has 0 bridgehead atoms. The van der Waals surface area contributed by atoms with E-state index >= 15 is 0 Å². The molecule has 6 nitrogen and oxygen atoms in total. The average molecular weight is 459 g/mol. The first-order chi connectivity index (χ1) is 15.1. The Hall–Kier alpha value is -2.77. The Morgan fingerprint density at radius 3 is 2.77 bits per heavy atom. The number of thiazole rings is 1. The van der Waals surface area contributed by atoms with Gasteiger partial charge in [-0.2, -0.15) is 0 Å². The lowest BCUT2D eigenvalue weighted by Gasteiger charge is -2.30. The van der Waals surface area contributed by atoms with E-state index in [0.717, 1.165) is 22.2 Å². The van der Waals surface area contributed by atoms with Crippen LogP contribution in [0.2, 0.25) is 5.02 Å². The maximum atomic E-state index is 12.8. The van der Waals surface area contributed by atoms with Gasteiger partial charge in [0.05, 0.1) is 18.7 Å². The van der Waals surface area contributed by atoms with Crippen LogP contribution in [0.15, 0.2) is 53.9 Å². The molecule has 2 aromatic carbocycles. The van der Waals surface area contributed by atoms with Crippen molar-refractivity contribution in [2.75, 3.05) is 19.7 Å². The molecule has 0 radical (unpaired) electrons. The molecule has 0 saturated carbocycles. The van der Waals surface area contributed by atoms with Crippen LogP contribution in [-0.2, 0) is 17.8 Å². The lowest BCUT2D eigenvalue weighted by Crippen LogP contribution is -2.44. The number of amides is 1. The minimum atomic E-state index is -0.197. The molecule has 0 N–H and O–H groups in total. The smallest absolute Gasteiger partial charge is 0.228 e. The predicted octanol–water partition coefficient (Wildman–Crippen LogP) is 4.61. The number of carbonyl (C=O) groups excluding carboxylic acids is 1. The maximum Gasteiger partial charge on any atom is 0.228 e. The molecule has 162 valence electrons. The summed E-state index contributed by atoms with van der Waals surface area (Å²) in [6.45, 7) is 3.80. The molecule has 0 fully saturated rings. The zero-order valence-corrected chi connectivity index (χ0v) is 18.7. The average Bonchev–Trinajstić information content (AvgIpc) is 3.24. The van der Waals surface area contributed by atoms with Gasteiger partial charge >= 0.3 is 0 Å². The molecule has 1 aliphatic heterocycles. The Kier molecular flexibility index (Phi) is 6.94. The van der Waals surface area contributed by atoms with Crippen molar-refractivity contribution < 1.29 is 19.0 Å². The van der Waals surface area contributed by atoms with E-state index in [4.69, 9.17) is 25.8 Å². The number of hydrogen-bond donors (Lipinski definition) is 0. The number of likely N-dealkylation sites (N-methyl/N-ethyl adjacent to an activating group) is 1. The van der Waals surface area contributed by atoms with Gasteiger partial charge in [0.25, 0.3) is 0 Å². The summed E-state index contributed by atoms with van der Waals surface area (Å²) < 4.78 is 17.5. The summed E-state index contributed by atoms with van der Waals surface area (Å²) >= 11 is 7.37. The maximum absolute atomic E-state index is 12.8. The van der Waals surface area contributed by atoms with Crippen molar-refractivity contribution in [3.63, 3.8) is 0 Å². The van der Waals surface area contributed by atoms with Crippen molar-refractivity contribution >= 4 is 28.8 Å². The van der Waals surface area contributed by atoms with Crippen LogP contribution in [-0.4, -0.2) is 41.6 Å². The van der Waals surface area contributed by atoms with Crippen molar-refractivity contribution in [2.45, 2.75) is 26.1 Å². The molecule has 0 spiro atoms. The second kappa shape index (κ2) is 10.0. The highest BCUT2D eigenvalue weighted by Gasteiger charge is 2.25. The number of ether oxygens (including phenoxy) is 3. The SMILES string of the molecule is CCN(CC1COc2ccccc2O1)C(=O)Cc1csc(COc2ccc(Cl)cc2)n1. The summed E-state index contributed by atoms with van der Waals surface area (Å²) in [6.07, 6.45) is 0.0488. The minimum Gasteiger partial charge on any atom is -0.486 e. The van der Waals surface area contributed by atoms with Gasteiger partial charge in [-0.05, 0) is 43.3 Å². The molecule has 0 aliphatic carbocycles. The Morgan fingerprint density at radius 2 is 2.00 bits per heavy atom. The Balaban J connectivity index is 1.29. The minimum absolute atomic E-state index is 0.0143. The van der Waals surface area contributed by atoms with Crippen molar-refractivity contribution in [1.29, 1.82) is 0 Å². The largest absolute Gasteiger partial charge is 0.486 e. The lowest BCUT2D eigenvalue weighted by molar-refractivity contribution is -0.131. The standard InChI is InChI=1S/C23H23ClN2O4S/c1-2-26(12-19-13-29-20-5-3-4-6-21(20)30-19)23(27)11-17-15-31-22(25-17)14-28-18-9-7-16(24)8-10-18/h3-10,15,19H,2,11-14H2,1H3. The molecule has 2 heterocycles. The van der Waals surface area contributed by atoms with Gasteiger partial charge in [0.15, 0.2) is 17.6 Å². The summed E-state index contributed by atoms with van der Waals surface area (Å²) in [7, 11) is 0. The number of hydrogen-bond acceptors (Lipinski definition) is 6. The highest BCUT2D eigenvalue weighted by Crippen LogP contribution is 2.31. The molecule has 1 aliphatic rings. The summed E-state index contributed by atoms with van der Waals surface area (Å²) in [4.78, 5) is 19.2.